The smallest absolute Gasteiger partial charge is 0.312 e. The zero-order valence-corrected chi connectivity index (χ0v) is 7.34. The molecule has 1 aliphatic rings. The fourth-order valence-electron chi connectivity index (χ4n) is 1.02. The van der Waals surface area contributed by atoms with Crippen LogP contribution >= 0.6 is 7.60 Å². The van der Waals surface area contributed by atoms with Crippen molar-refractivity contribution in [3.8, 4) is 12.3 Å². The summed E-state index contributed by atoms with van der Waals surface area (Å²) in [4.78, 5) is 0. The first kappa shape index (κ1) is 8.80. The molecule has 0 aromatic rings. The van der Waals surface area contributed by atoms with Gasteiger partial charge in [0.15, 0.2) is 0 Å². The topological polar surface area (TPSA) is 35.5 Å². The maximum atomic E-state index is 11.4. The van der Waals surface area contributed by atoms with Gasteiger partial charge >= 0.3 is 7.60 Å². The van der Waals surface area contributed by atoms with Crippen LogP contribution in [-0.2, 0) is 13.6 Å². The van der Waals surface area contributed by atoms with Gasteiger partial charge in [-0.3, -0.25) is 9.09 Å². The van der Waals surface area contributed by atoms with Gasteiger partial charge in [0.2, 0.25) is 0 Å². The molecule has 1 fully saturated rings. The third-order valence-corrected chi connectivity index (χ3v) is 3.65. The van der Waals surface area contributed by atoms with Crippen molar-refractivity contribution >= 4 is 7.60 Å². The molecule has 0 radical (unpaired) electrons. The summed E-state index contributed by atoms with van der Waals surface area (Å²) >= 11 is 0. The first-order chi connectivity index (χ1) is 5.20. The fourth-order valence-corrected chi connectivity index (χ4v) is 2.52. The van der Waals surface area contributed by atoms with E-state index in [1.807, 2.05) is 0 Å². The monoisotopic (exact) mass is 174 g/mol. The van der Waals surface area contributed by atoms with Gasteiger partial charge in [0.1, 0.15) is 6.10 Å². The predicted octanol–water partition coefficient (Wildman–Crippen LogP) is 1.64. The van der Waals surface area contributed by atoms with Gasteiger partial charge in [-0.25, -0.2) is 0 Å². The minimum absolute atomic E-state index is 0.325. The molecule has 0 N–H and O–H groups in total. The summed E-state index contributed by atoms with van der Waals surface area (Å²) in [5, 5.41) is 0. The Morgan fingerprint density at radius 3 is 3.09 bits per heavy atom. The zero-order valence-electron chi connectivity index (χ0n) is 6.45. The zero-order chi connectivity index (χ0) is 8.32. The second-order valence-corrected chi connectivity index (χ2v) is 4.67. The summed E-state index contributed by atoms with van der Waals surface area (Å²) in [6, 6.07) is 0. The van der Waals surface area contributed by atoms with Gasteiger partial charge in [-0.05, 0) is 12.8 Å². The summed E-state index contributed by atoms with van der Waals surface area (Å²) in [6.07, 6.45) is 6.89. The molecule has 0 spiro atoms. The van der Waals surface area contributed by atoms with E-state index >= 15 is 0 Å². The van der Waals surface area contributed by atoms with Crippen LogP contribution in [0.15, 0.2) is 0 Å². The molecule has 62 valence electrons. The van der Waals surface area contributed by atoms with Crippen molar-refractivity contribution in [2.24, 2.45) is 0 Å². The number of terminal acetylenes is 1. The van der Waals surface area contributed by atoms with E-state index < -0.39 is 7.60 Å². The molecule has 0 aromatic heterocycles. The van der Waals surface area contributed by atoms with Crippen molar-refractivity contribution < 1.29 is 13.6 Å². The molecule has 0 amide bonds. The van der Waals surface area contributed by atoms with Crippen LogP contribution in [0.4, 0.5) is 0 Å². The minimum Gasteiger partial charge on any atom is -0.312 e. The Hall–Kier alpha value is -0.290. The standard InChI is InChI=1S/C7H11O3P/c1-3-7-5-4-6-11(8,9-2)10-7/h1,7H,4-6H2,2H3. The Bertz CT molecular complexity index is 218. The van der Waals surface area contributed by atoms with Crippen molar-refractivity contribution in [1.82, 2.24) is 0 Å². The van der Waals surface area contributed by atoms with Crippen LogP contribution < -0.4 is 0 Å². The van der Waals surface area contributed by atoms with Gasteiger partial charge in [-0.1, -0.05) is 5.92 Å². The highest BCUT2D eigenvalue weighted by molar-refractivity contribution is 7.53. The number of rotatable bonds is 1. The molecule has 1 aliphatic heterocycles. The number of hydrogen-bond acceptors (Lipinski definition) is 3. The van der Waals surface area contributed by atoms with E-state index in [-0.39, 0.29) is 6.10 Å². The Labute approximate surface area is 66.6 Å². The number of hydrogen-bond donors (Lipinski definition) is 0. The molecule has 1 rings (SSSR count). The highest BCUT2D eigenvalue weighted by Crippen LogP contribution is 2.52. The first-order valence-electron chi connectivity index (χ1n) is 3.49. The van der Waals surface area contributed by atoms with Crippen molar-refractivity contribution in [1.29, 1.82) is 0 Å². The maximum Gasteiger partial charge on any atom is 0.331 e. The molecule has 0 saturated carbocycles. The summed E-state index contributed by atoms with van der Waals surface area (Å²) in [7, 11) is -1.42. The van der Waals surface area contributed by atoms with Gasteiger partial charge in [0, 0.05) is 7.11 Å². The molecular weight excluding hydrogens is 163 g/mol. The van der Waals surface area contributed by atoms with E-state index in [0.717, 1.165) is 12.8 Å². The van der Waals surface area contributed by atoms with Gasteiger partial charge < -0.3 is 4.52 Å². The van der Waals surface area contributed by atoms with Crippen LogP contribution in [0.25, 0.3) is 0 Å². The van der Waals surface area contributed by atoms with E-state index in [1.54, 1.807) is 0 Å². The maximum absolute atomic E-state index is 11.4. The summed E-state index contributed by atoms with van der Waals surface area (Å²) in [6.45, 7) is 0. The van der Waals surface area contributed by atoms with Crippen molar-refractivity contribution in [3.63, 3.8) is 0 Å². The second-order valence-electron chi connectivity index (χ2n) is 2.42. The fraction of sp³-hybridized carbons (Fsp3) is 0.714. The lowest BCUT2D eigenvalue weighted by Crippen LogP contribution is -2.16. The van der Waals surface area contributed by atoms with Gasteiger partial charge in [-0.2, -0.15) is 0 Å². The normalized spacial score (nSPS) is 38.0. The molecule has 0 aromatic carbocycles. The molecule has 3 nitrogen and oxygen atoms in total. The largest absolute Gasteiger partial charge is 0.331 e. The van der Waals surface area contributed by atoms with Crippen molar-refractivity contribution in [2.75, 3.05) is 13.3 Å². The molecule has 1 heterocycles. The molecule has 4 heteroatoms. The summed E-state index contributed by atoms with van der Waals surface area (Å²) < 4.78 is 21.2. The van der Waals surface area contributed by atoms with E-state index in [1.165, 1.54) is 7.11 Å². The van der Waals surface area contributed by atoms with Crippen LogP contribution in [0.5, 0.6) is 0 Å². The van der Waals surface area contributed by atoms with Crippen molar-refractivity contribution in [3.05, 3.63) is 0 Å². The third-order valence-electron chi connectivity index (χ3n) is 1.65. The molecule has 2 unspecified atom stereocenters. The van der Waals surface area contributed by atoms with Gasteiger partial charge in [0.05, 0.1) is 6.16 Å². The molecule has 0 bridgehead atoms. The van der Waals surface area contributed by atoms with Crippen LogP contribution in [0.3, 0.4) is 0 Å². The van der Waals surface area contributed by atoms with Crippen LogP contribution in [-0.4, -0.2) is 19.4 Å². The summed E-state index contributed by atoms with van der Waals surface area (Å²) in [5.74, 6) is 2.42. The van der Waals surface area contributed by atoms with Crippen LogP contribution in [0.2, 0.25) is 0 Å². The highest BCUT2D eigenvalue weighted by atomic mass is 31.2. The lowest BCUT2D eigenvalue weighted by molar-refractivity contribution is 0.174. The predicted molar refractivity (Wildman–Crippen MR) is 42.4 cm³/mol. The van der Waals surface area contributed by atoms with E-state index in [2.05, 4.69) is 5.92 Å². The Morgan fingerprint density at radius 2 is 2.55 bits per heavy atom. The highest BCUT2D eigenvalue weighted by Gasteiger charge is 2.30. The van der Waals surface area contributed by atoms with Gasteiger partial charge in [-0.15, -0.1) is 6.42 Å². The van der Waals surface area contributed by atoms with Gasteiger partial charge in [0.25, 0.3) is 0 Å². The average molecular weight is 174 g/mol. The van der Waals surface area contributed by atoms with Crippen molar-refractivity contribution in [2.45, 2.75) is 18.9 Å². The lowest BCUT2D eigenvalue weighted by Gasteiger charge is -2.24. The Morgan fingerprint density at radius 1 is 1.82 bits per heavy atom. The first-order valence-corrected chi connectivity index (χ1v) is 5.22. The third kappa shape index (κ3) is 2.07. The quantitative estimate of drug-likeness (QED) is 0.447. The molecule has 1 saturated heterocycles. The van der Waals surface area contributed by atoms with E-state index in [0.29, 0.717) is 6.16 Å². The summed E-state index contributed by atoms with van der Waals surface area (Å²) in [5.41, 5.74) is 0. The molecular formula is C7H11O3P. The molecule has 0 aliphatic carbocycles. The second kappa shape index (κ2) is 3.40. The SMILES string of the molecule is C#CC1CCCP(=O)(OC)O1. The van der Waals surface area contributed by atoms with E-state index in [4.69, 9.17) is 15.5 Å². The molecule has 2 atom stereocenters. The molecule has 11 heavy (non-hydrogen) atoms. The Balaban J connectivity index is 2.61. The van der Waals surface area contributed by atoms with E-state index in [9.17, 15) is 4.57 Å². The minimum atomic E-state index is -2.81. The average Bonchev–Trinajstić information content (AvgIpc) is 2.05. The Kier molecular flexibility index (Phi) is 2.72. The van der Waals surface area contributed by atoms with Crippen LogP contribution in [0, 0.1) is 12.3 Å². The lowest BCUT2D eigenvalue weighted by atomic mass is 10.2. The van der Waals surface area contributed by atoms with Crippen LogP contribution in [0.1, 0.15) is 12.8 Å².